The van der Waals surface area contributed by atoms with Crippen molar-refractivity contribution < 1.29 is 0 Å². The molecule has 1 aromatic rings. The number of hydrogen-bond donors (Lipinski definition) is 0. The summed E-state index contributed by atoms with van der Waals surface area (Å²) in [6.45, 7) is 8.47. The first-order valence-corrected chi connectivity index (χ1v) is 8.01. The van der Waals surface area contributed by atoms with Gasteiger partial charge in [0, 0.05) is 25.0 Å². The number of rotatable bonds is 7. The van der Waals surface area contributed by atoms with Crippen LogP contribution >= 0.6 is 27.5 Å². The van der Waals surface area contributed by atoms with E-state index in [-0.39, 0.29) is 0 Å². The predicted octanol–water partition coefficient (Wildman–Crippen LogP) is 3.63. The van der Waals surface area contributed by atoms with E-state index in [4.69, 9.17) is 11.6 Å². The van der Waals surface area contributed by atoms with Gasteiger partial charge < -0.3 is 0 Å². The van der Waals surface area contributed by atoms with E-state index in [9.17, 15) is 0 Å². The highest BCUT2D eigenvalue weighted by atomic mass is 79.9. The van der Waals surface area contributed by atoms with Crippen molar-refractivity contribution in [3.63, 3.8) is 0 Å². The van der Waals surface area contributed by atoms with Crippen molar-refractivity contribution in [2.45, 2.75) is 46.2 Å². The molecule has 1 heterocycles. The standard InChI is InChI=1S/C13H23BrClN3/c1-5-11-13(15)12(17(4)16-11)9-18(10(2)3)8-6-7-14/h10H,5-9H2,1-4H3. The summed E-state index contributed by atoms with van der Waals surface area (Å²) in [5, 5.41) is 6.34. The molecule has 0 bridgehead atoms. The minimum Gasteiger partial charge on any atom is -0.295 e. The van der Waals surface area contributed by atoms with Gasteiger partial charge in [-0.05, 0) is 33.2 Å². The lowest BCUT2D eigenvalue weighted by atomic mass is 10.2. The first kappa shape index (κ1) is 16.0. The molecule has 3 nitrogen and oxygen atoms in total. The van der Waals surface area contributed by atoms with E-state index in [1.165, 1.54) is 0 Å². The zero-order chi connectivity index (χ0) is 13.7. The molecule has 104 valence electrons. The summed E-state index contributed by atoms with van der Waals surface area (Å²) in [6, 6.07) is 0.514. The average molecular weight is 337 g/mol. The van der Waals surface area contributed by atoms with Gasteiger partial charge in [0.15, 0.2) is 0 Å². The lowest BCUT2D eigenvalue weighted by Gasteiger charge is -2.26. The van der Waals surface area contributed by atoms with Crippen LogP contribution in [0.2, 0.25) is 5.02 Å². The van der Waals surface area contributed by atoms with Crippen molar-refractivity contribution in [3.8, 4) is 0 Å². The van der Waals surface area contributed by atoms with Crippen molar-refractivity contribution in [2.75, 3.05) is 11.9 Å². The number of aromatic nitrogens is 2. The largest absolute Gasteiger partial charge is 0.295 e. The van der Waals surface area contributed by atoms with Crippen molar-refractivity contribution in [2.24, 2.45) is 7.05 Å². The number of hydrogen-bond acceptors (Lipinski definition) is 2. The van der Waals surface area contributed by atoms with Crippen molar-refractivity contribution in [3.05, 3.63) is 16.4 Å². The van der Waals surface area contributed by atoms with Crippen LogP contribution in [0.3, 0.4) is 0 Å². The topological polar surface area (TPSA) is 21.1 Å². The van der Waals surface area contributed by atoms with Crippen LogP contribution in [0.5, 0.6) is 0 Å². The maximum absolute atomic E-state index is 6.39. The molecule has 0 aliphatic carbocycles. The molecular formula is C13H23BrClN3. The zero-order valence-corrected chi connectivity index (χ0v) is 14.1. The summed E-state index contributed by atoms with van der Waals surface area (Å²) >= 11 is 9.88. The second-order valence-electron chi connectivity index (χ2n) is 4.79. The summed E-state index contributed by atoms with van der Waals surface area (Å²) in [5.41, 5.74) is 2.12. The van der Waals surface area contributed by atoms with Gasteiger partial charge in [-0.15, -0.1) is 0 Å². The van der Waals surface area contributed by atoms with Crippen LogP contribution in [-0.2, 0) is 20.0 Å². The Morgan fingerprint density at radius 3 is 2.56 bits per heavy atom. The van der Waals surface area contributed by atoms with E-state index < -0.39 is 0 Å². The monoisotopic (exact) mass is 335 g/mol. The Morgan fingerprint density at radius 2 is 2.11 bits per heavy atom. The van der Waals surface area contributed by atoms with Crippen molar-refractivity contribution >= 4 is 27.5 Å². The Bertz CT molecular complexity index is 377. The van der Waals surface area contributed by atoms with Crippen LogP contribution in [0.1, 0.15) is 38.6 Å². The highest BCUT2D eigenvalue weighted by Gasteiger charge is 2.17. The quantitative estimate of drug-likeness (QED) is 0.709. The van der Waals surface area contributed by atoms with E-state index in [1.807, 2.05) is 11.7 Å². The maximum Gasteiger partial charge on any atom is 0.0863 e. The van der Waals surface area contributed by atoms with Gasteiger partial charge in [-0.1, -0.05) is 34.5 Å². The molecule has 0 aliphatic rings. The molecule has 1 aromatic heterocycles. The third-order valence-corrected chi connectivity index (χ3v) is 4.16. The van der Waals surface area contributed by atoms with Crippen LogP contribution in [0.4, 0.5) is 0 Å². The summed E-state index contributed by atoms with van der Waals surface area (Å²) in [6.07, 6.45) is 2.03. The van der Waals surface area contributed by atoms with Crippen LogP contribution in [-0.4, -0.2) is 32.6 Å². The third-order valence-electron chi connectivity index (χ3n) is 3.17. The summed E-state index contributed by atoms with van der Waals surface area (Å²) in [5.74, 6) is 0. The summed E-state index contributed by atoms with van der Waals surface area (Å²) in [7, 11) is 1.98. The number of nitrogens with zero attached hydrogens (tertiary/aromatic N) is 3. The molecular weight excluding hydrogens is 314 g/mol. The third kappa shape index (κ3) is 3.97. The number of aryl methyl sites for hydroxylation is 2. The Kier molecular flexibility index (Phi) is 6.67. The van der Waals surface area contributed by atoms with E-state index in [0.29, 0.717) is 6.04 Å². The molecule has 0 aliphatic heterocycles. The summed E-state index contributed by atoms with van der Waals surface area (Å²) < 4.78 is 1.92. The van der Waals surface area contributed by atoms with Gasteiger partial charge in [-0.3, -0.25) is 9.58 Å². The highest BCUT2D eigenvalue weighted by molar-refractivity contribution is 9.09. The van der Waals surface area contributed by atoms with Crippen LogP contribution in [0.25, 0.3) is 0 Å². The summed E-state index contributed by atoms with van der Waals surface area (Å²) in [4.78, 5) is 2.43. The molecule has 5 heteroatoms. The second-order valence-corrected chi connectivity index (χ2v) is 5.96. The molecule has 0 fully saturated rings. The Balaban J connectivity index is 2.83. The fraction of sp³-hybridized carbons (Fsp3) is 0.769. The minimum atomic E-state index is 0.514. The smallest absolute Gasteiger partial charge is 0.0863 e. The fourth-order valence-corrected chi connectivity index (χ4v) is 2.57. The van der Waals surface area contributed by atoms with E-state index in [2.05, 4.69) is 46.7 Å². The Morgan fingerprint density at radius 1 is 1.44 bits per heavy atom. The molecule has 0 saturated carbocycles. The lowest BCUT2D eigenvalue weighted by Crippen LogP contribution is -2.32. The molecule has 0 spiro atoms. The molecule has 0 saturated heterocycles. The maximum atomic E-state index is 6.39. The molecule has 1 rings (SSSR count). The molecule has 0 radical (unpaired) electrons. The van der Waals surface area contributed by atoms with Crippen LogP contribution in [0, 0.1) is 0 Å². The molecule has 0 amide bonds. The Hall–Kier alpha value is -0.0600. The fourth-order valence-electron chi connectivity index (χ4n) is 1.97. The van der Waals surface area contributed by atoms with Gasteiger partial charge in [0.05, 0.1) is 16.4 Å². The Labute approximate surface area is 124 Å². The van der Waals surface area contributed by atoms with Gasteiger partial charge in [0.2, 0.25) is 0 Å². The van der Waals surface area contributed by atoms with E-state index in [0.717, 1.165) is 47.7 Å². The first-order chi connectivity index (χ1) is 8.51. The lowest BCUT2D eigenvalue weighted by molar-refractivity contribution is 0.209. The SMILES string of the molecule is CCc1nn(C)c(CN(CCCBr)C(C)C)c1Cl. The van der Waals surface area contributed by atoms with Crippen molar-refractivity contribution in [1.82, 2.24) is 14.7 Å². The number of halogens is 2. The van der Waals surface area contributed by atoms with E-state index >= 15 is 0 Å². The molecule has 0 aromatic carbocycles. The minimum absolute atomic E-state index is 0.514. The predicted molar refractivity (Wildman–Crippen MR) is 81.6 cm³/mol. The zero-order valence-electron chi connectivity index (χ0n) is 11.7. The average Bonchev–Trinajstić information content (AvgIpc) is 2.60. The molecule has 0 unspecified atom stereocenters. The van der Waals surface area contributed by atoms with Gasteiger partial charge >= 0.3 is 0 Å². The normalized spacial score (nSPS) is 11.8. The molecule has 0 N–H and O–H groups in total. The van der Waals surface area contributed by atoms with Crippen molar-refractivity contribution in [1.29, 1.82) is 0 Å². The van der Waals surface area contributed by atoms with Crippen LogP contribution in [0.15, 0.2) is 0 Å². The van der Waals surface area contributed by atoms with E-state index in [1.54, 1.807) is 0 Å². The van der Waals surface area contributed by atoms with Gasteiger partial charge in [-0.2, -0.15) is 5.10 Å². The number of alkyl halides is 1. The highest BCUT2D eigenvalue weighted by Crippen LogP contribution is 2.23. The molecule has 0 atom stereocenters. The van der Waals surface area contributed by atoms with Gasteiger partial charge in [0.1, 0.15) is 0 Å². The van der Waals surface area contributed by atoms with Crippen LogP contribution < -0.4 is 0 Å². The molecule has 18 heavy (non-hydrogen) atoms. The van der Waals surface area contributed by atoms with Gasteiger partial charge in [0.25, 0.3) is 0 Å². The van der Waals surface area contributed by atoms with Gasteiger partial charge in [-0.25, -0.2) is 0 Å². The first-order valence-electron chi connectivity index (χ1n) is 6.51. The second kappa shape index (κ2) is 7.51.